The number of H-pyrrole nitrogens is 1. The highest BCUT2D eigenvalue weighted by molar-refractivity contribution is 7.99. The van der Waals surface area contributed by atoms with Gasteiger partial charge in [-0.15, -0.1) is 10.2 Å². The highest BCUT2D eigenvalue weighted by Gasteiger charge is 2.30. The molecule has 0 radical (unpaired) electrons. The smallest absolute Gasteiger partial charge is 0.191 e. The normalized spacial score (nSPS) is 14.1. The molecule has 5 heteroatoms. The molecule has 1 aliphatic carbocycles. The van der Waals surface area contributed by atoms with Crippen LogP contribution in [0.25, 0.3) is 22.3 Å². The Morgan fingerprint density at radius 3 is 2.67 bits per heavy atom. The van der Waals surface area contributed by atoms with Crippen LogP contribution >= 0.6 is 11.8 Å². The van der Waals surface area contributed by atoms with Crippen LogP contribution < -0.4 is 0 Å². The quantitative estimate of drug-likeness (QED) is 0.344. The van der Waals surface area contributed by atoms with Crippen LogP contribution in [0.4, 0.5) is 0 Å². The molecule has 4 nitrogen and oxygen atoms in total. The van der Waals surface area contributed by atoms with Crippen LogP contribution in [0.2, 0.25) is 0 Å². The second-order valence-corrected chi connectivity index (χ2v) is 8.15. The van der Waals surface area contributed by atoms with Crippen molar-refractivity contribution in [2.24, 2.45) is 0 Å². The minimum Gasteiger partial charge on any atom is -0.360 e. The second kappa shape index (κ2) is 7.24. The van der Waals surface area contributed by atoms with E-state index >= 15 is 0 Å². The van der Waals surface area contributed by atoms with Crippen molar-refractivity contribution in [2.75, 3.05) is 5.75 Å². The summed E-state index contributed by atoms with van der Waals surface area (Å²) in [5, 5.41) is 11.4. The maximum Gasteiger partial charge on any atom is 0.191 e. The summed E-state index contributed by atoms with van der Waals surface area (Å²) in [6.45, 7) is 0. The summed E-state index contributed by atoms with van der Waals surface area (Å²) in [7, 11) is 0. The lowest BCUT2D eigenvalue weighted by Crippen LogP contribution is -2.00. The molecule has 5 rings (SSSR count). The zero-order chi connectivity index (χ0) is 18.1. The predicted octanol–water partition coefficient (Wildman–Crippen LogP) is 5.49. The molecule has 2 aromatic heterocycles. The minimum absolute atomic E-state index is 0.556. The van der Waals surface area contributed by atoms with E-state index in [1.165, 1.54) is 23.8 Å². The van der Waals surface area contributed by atoms with Gasteiger partial charge in [-0.1, -0.05) is 60.3 Å². The fourth-order valence-electron chi connectivity index (χ4n) is 3.56. The summed E-state index contributed by atoms with van der Waals surface area (Å²) in [6, 6.07) is 19.6. The first-order valence-electron chi connectivity index (χ1n) is 9.58. The lowest BCUT2D eigenvalue weighted by molar-refractivity contribution is 0.669. The number of nitrogens with zero attached hydrogens (tertiary/aromatic N) is 3. The number of fused-ring (bicyclic) bond motifs is 1. The number of thioether (sulfide) groups is 1. The summed E-state index contributed by atoms with van der Waals surface area (Å²) in [5.41, 5.74) is 3.71. The van der Waals surface area contributed by atoms with Gasteiger partial charge in [-0.05, 0) is 37.3 Å². The summed E-state index contributed by atoms with van der Waals surface area (Å²) in [4.78, 5) is 3.37. The van der Waals surface area contributed by atoms with E-state index in [1.54, 1.807) is 0 Å². The predicted molar refractivity (Wildman–Crippen MR) is 111 cm³/mol. The van der Waals surface area contributed by atoms with Crippen molar-refractivity contribution >= 4 is 22.7 Å². The molecule has 0 saturated heterocycles. The van der Waals surface area contributed by atoms with Gasteiger partial charge >= 0.3 is 0 Å². The van der Waals surface area contributed by atoms with Crippen LogP contribution in [0.3, 0.4) is 0 Å². The average Bonchev–Trinajstić information content (AvgIpc) is 3.33. The highest BCUT2D eigenvalue weighted by atomic mass is 32.2. The van der Waals surface area contributed by atoms with Gasteiger partial charge in [0.25, 0.3) is 0 Å². The van der Waals surface area contributed by atoms with E-state index in [1.807, 2.05) is 11.8 Å². The van der Waals surface area contributed by atoms with Crippen LogP contribution in [0, 0.1) is 0 Å². The van der Waals surface area contributed by atoms with Gasteiger partial charge in [0.05, 0.1) is 0 Å². The maximum absolute atomic E-state index is 4.58. The molecule has 4 aromatic rings. The van der Waals surface area contributed by atoms with Crippen LogP contribution in [-0.2, 0) is 6.42 Å². The van der Waals surface area contributed by atoms with Gasteiger partial charge in [-0.2, -0.15) is 0 Å². The zero-order valence-corrected chi connectivity index (χ0v) is 16.0. The lowest BCUT2D eigenvalue weighted by Gasteiger charge is -2.08. The van der Waals surface area contributed by atoms with E-state index < -0.39 is 0 Å². The van der Waals surface area contributed by atoms with Crippen LogP contribution in [0.15, 0.2) is 66.0 Å². The number of hydrogen-bond donors (Lipinski definition) is 1. The van der Waals surface area contributed by atoms with E-state index in [0.717, 1.165) is 40.7 Å². The molecule has 1 N–H and O–H groups in total. The Labute approximate surface area is 163 Å². The van der Waals surface area contributed by atoms with Crippen LogP contribution in [0.5, 0.6) is 0 Å². The molecule has 27 heavy (non-hydrogen) atoms. The summed E-state index contributed by atoms with van der Waals surface area (Å²) < 4.78 is 2.36. The molecular formula is C22H22N4S. The molecule has 1 fully saturated rings. The van der Waals surface area contributed by atoms with E-state index in [4.69, 9.17) is 0 Å². The van der Waals surface area contributed by atoms with Gasteiger partial charge in [0.15, 0.2) is 11.0 Å². The van der Waals surface area contributed by atoms with Gasteiger partial charge < -0.3 is 4.98 Å². The Kier molecular flexibility index (Phi) is 4.46. The average molecular weight is 375 g/mol. The second-order valence-electron chi connectivity index (χ2n) is 7.09. The van der Waals surface area contributed by atoms with E-state index in [2.05, 4.69) is 80.5 Å². The highest BCUT2D eigenvalue weighted by Crippen LogP contribution is 2.42. The number of para-hydroxylation sites is 1. The van der Waals surface area contributed by atoms with Gasteiger partial charge in [-0.3, -0.25) is 4.57 Å². The summed E-state index contributed by atoms with van der Waals surface area (Å²) in [5.74, 6) is 2.06. The number of aryl methyl sites for hydroxylation is 1. The maximum atomic E-state index is 4.58. The van der Waals surface area contributed by atoms with Crippen molar-refractivity contribution in [3.63, 3.8) is 0 Å². The third-order valence-corrected chi connectivity index (χ3v) is 6.12. The molecule has 0 atom stereocenters. The van der Waals surface area contributed by atoms with E-state index in [0.29, 0.717) is 6.04 Å². The summed E-state index contributed by atoms with van der Waals surface area (Å²) in [6.07, 6.45) is 6.78. The molecule has 0 amide bonds. The Balaban J connectivity index is 1.35. The fourth-order valence-corrected chi connectivity index (χ4v) is 4.51. The minimum atomic E-state index is 0.556. The topological polar surface area (TPSA) is 46.5 Å². The Hall–Kier alpha value is -2.53. The van der Waals surface area contributed by atoms with E-state index in [-0.39, 0.29) is 0 Å². The van der Waals surface area contributed by atoms with Gasteiger partial charge in [-0.25, -0.2) is 0 Å². The number of aromatic nitrogens is 4. The third-order valence-electron chi connectivity index (χ3n) is 5.09. The van der Waals surface area contributed by atoms with Crippen molar-refractivity contribution in [3.8, 4) is 11.4 Å². The van der Waals surface area contributed by atoms with Crippen molar-refractivity contribution < 1.29 is 0 Å². The van der Waals surface area contributed by atoms with Crippen LogP contribution in [0.1, 0.15) is 30.9 Å². The Morgan fingerprint density at radius 1 is 1.00 bits per heavy atom. The monoisotopic (exact) mass is 374 g/mol. The van der Waals surface area contributed by atoms with Gasteiger partial charge in [0.2, 0.25) is 0 Å². The number of nitrogens with one attached hydrogen (secondary N) is 1. The van der Waals surface area contributed by atoms with Crippen molar-refractivity contribution in [3.05, 3.63) is 66.4 Å². The number of benzene rings is 2. The third kappa shape index (κ3) is 3.39. The Morgan fingerprint density at radius 2 is 1.81 bits per heavy atom. The molecule has 136 valence electrons. The number of aromatic amines is 1. The first kappa shape index (κ1) is 16.6. The first-order chi connectivity index (χ1) is 13.4. The van der Waals surface area contributed by atoms with Crippen molar-refractivity contribution in [1.82, 2.24) is 19.7 Å². The Bertz CT molecular complexity index is 1050. The van der Waals surface area contributed by atoms with Crippen molar-refractivity contribution in [2.45, 2.75) is 36.9 Å². The molecule has 0 bridgehead atoms. The molecular weight excluding hydrogens is 352 g/mol. The van der Waals surface area contributed by atoms with Crippen molar-refractivity contribution in [1.29, 1.82) is 0 Å². The number of hydrogen-bond acceptors (Lipinski definition) is 3. The SMILES string of the molecule is c1ccc(CCCSc2nnc(-c3c[nH]c4ccccc34)n2C2CC2)cc1. The molecule has 0 unspecified atom stereocenters. The van der Waals surface area contributed by atoms with E-state index in [9.17, 15) is 0 Å². The summed E-state index contributed by atoms with van der Waals surface area (Å²) >= 11 is 1.84. The lowest BCUT2D eigenvalue weighted by atomic mass is 10.1. The molecule has 0 aliphatic heterocycles. The molecule has 2 heterocycles. The molecule has 0 spiro atoms. The molecule has 1 saturated carbocycles. The van der Waals surface area contributed by atoms with Crippen LogP contribution in [-0.4, -0.2) is 25.5 Å². The number of rotatable bonds is 7. The molecule has 2 aromatic carbocycles. The van der Waals surface area contributed by atoms with Gasteiger partial charge in [0, 0.05) is 34.5 Å². The largest absolute Gasteiger partial charge is 0.360 e. The van der Waals surface area contributed by atoms with Gasteiger partial charge in [0.1, 0.15) is 0 Å². The molecule has 1 aliphatic rings. The first-order valence-corrected chi connectivity index (χ1v) is 10.6. The standard InChI is InChI=1S/C22H22N4S/c1-2-7-16(8-3-1)9-6-14-27-22-25-24-21(26(22)17-12-13-17)19-15-23-20-11-5-4-10-18(19)20/h1-5,7-8,10-11,15,17,23H,6,9,12-14H2. The zero-order valence-electron chi connectivity index (χ0n) is 15.1. The fraction of sp³-hybridized carbons (Fsp3) is 0.273.